The predicted molar refractivity (Wildman–Crippen MR) is 215 cm³/mol. The first-order chi connectivity index (χ1) is 27.4. The molecule has 0 aliphatic carbocycles. The molecule has 2 fully saturated rings. The minimum absolute atomic E-state index is 0.115. The zero-order chi connectivity index (χ0) is 40.4. The van der Waals surface area contributed by atoms with Crippen molar-refractivity contribution in [3.8, 4) is 23.1 Å². The Kier molecular flexibility index (Phi) is 11.2. The van der Waals surface area contributed by atoms with Crippen molar-refractivity contribution in [1.29, 1.82) is 0 Å². The molecular weight excluding hydrogens is 725 g/mol. The number of rotatable bonds is 9. The van der Waals surface area contributed by atoms with Gasteiger partial charge in [-0.15, -0.1) is 0 Å². The highest BCUT2D eigenvalue weighted by molar-refractivity contribution is 6.04. The molecule has 2 aliphatic heterocycles. The van der Waals surface area contributed by atoms with Crippen LogP contribution in [0.2, 0.25) is 0 Å². The summed E-state index contributed by atoms with van der Waals surface area (Å²) in [6, 6.07) is 16.0. The van der Waals surface area contributed by atoms with Crippen LogP contribution in [0.15, 0.2) is 60.8 Å². The molecule has 2 saturated heterocycles. The number of ether oxygens (including phenoxy) is 1. The number of nitrogens with zero attached hydrogens (tertiary/aromatic N) is 4. The fourth-order valence-electron chi connectivity index (χ4n) is 7.92. The molecule has 0 bridgehead atoms. The minimum Gasteiger partial charge on any atom is -0.465 e. The maximum atomic E-state index is 13.6. The molecule has 4 atom stereocenters. The second-order valence-corrected chi connectivity index (χ2v) is 15.4. The number of carbonyl (C=O) groups is 4. The SMILES string of the molecule is COC(=O)N[C@H](C(=O)N1CCC[C@H]1c1nc2c(ccc3cc(C#Cc4ccc(-c5cnc([C@@H]6CCCN6C(=O)[C@@H](NC(=O)O)C(C)C)[nH]5)cc4)ccc32)[nH]1)C(C)C. The second-order valence-electron chi connectivity index (χ2n) is 15.4. The van der Waals surface area contributed by atoms with E-state index in [1.54, 1.807) is 11.1 Å². The number of benzene rings is 3. The topological polar surface area (TPSA) is 186 Å². The summed E-state index contributed by atoms with van der Waals surface area (Å²) < 4.78 is 4.77. The van der Waals surface area contributed by atoms with Gasteiger partial charge in [0.05, 0.1) is 42.1 Å². The molecule has 296 valence electrons. The third-order valence-electron chi connectivity index (χ3n) is 10.9. The summed E-state index contributed by atoms with van der Waals surface area (Å²) in [4.78, 5) is 70.3. The molecule has 14 heteroatoms. The van der Waals surface area contributed by atoms with Gasteiger partial charge in [0.2, 0.25) is 11.8 Å². The number of imidazole rings is 2. The van der Waals surface area contributed by atoms with Gasteiger partial charge in [-0.3, -0.25) is 9.59 Å². The van der Waals surface area contributed by atoms with Crippen molar-refractivity contribution in [1.82, 2.24) is 40.4 Å². The summed E-state index contributed by atoms with van der Waals surface area (Å²) in [7, 11) is 1.29. The molecule has 3 aromatic carbocycles. The molecule has 14 nitrogen and oxygen atoms in total. The average molecular weight is 773 g/mol. The summed E-state index contributed by atoms with van der Waals surface area (Å²) in [5.74, 6) is 7.28. The van der Waals surface area contributed by atoms with Gasteiger partial charge in [-0.2, -0.15) is 0 Å². The first-order valence-corrected chi connectivity index (χ1v) is 19.5. The number of alkyl carbamates (subject to hydrolysis) is 1. The van der Waals surface area contributed by atoms with Gasteiger partial charge in [0, 0.05) is 29.6 Å². The van der Waals surface area contributed by atoms with Crippen molar-refractivity contribution in [3.05, 3.63) is 83.6 Å². The van der Waals surface area contributed by atoms with Crippen molar-refractivity contribution >= 4 is 45.8 Å². The van der Waals surface area contributed by atoms with Gasteiger partial charge >= 0.3 is 12.2 Å². The van der Waals surface area contributed by atoms with Crippen molar-refractivity contribution in [2.45, 2.75) is 77.5 Å². The van der Waals surface area contributed by atoms with Crippen molar-refractivity contribution in [2.75, 3.05) is 20.2 Å². The lowest BCUT2D eigenvalue weighted by atomic mass is 10.0. The summed E-state index contributed by atoms with van der Waals surface area (Å²) in [6.45, 7) is 8.58. The van der Waals surface area contributed by atoms with Crippen LogP contribution in [-0.4, -0.2) is 91.1 Å². The Morgan fingerprint density at radius 2 is 1.42 bits per heavy atom. The molecule has 0 radical (unpaired) electrons. The molecule has 57 heavy (non-hydrogen) atoms. The molecule has 2 aliphatic rings. The summed E-state index contributed by atoms with van der Waals surface area (Å²) >= 11 is 0. The van der Waals surface area contributed by atoms with Crippen LogP contribution < -0.4 is 10.6 Å². The highest BCUT2D eigenvalue weighted by Gasteiger charge is 2.39. The summed E-state index contributed by atoms with van der Waals surface area (Å²) in [6.07, 6.45) is 3.08. The molecule has 0 spiro atoms. The molecular formula is C43H48N8O6. The second kappa shape index (κ2) is 16.4. The third-order valence-corrected chi connectivity index (χ3v) is 10.9. The Morgan fingerprint density at radius 3 is 2.05 bits per heavy atom. The van der Waals surface area contributed by atoms with E-state index >= 15 is 0 Å². The zero-order valence-electron chi connectivity index (χ0n) is 32.8. The number of nitrogens with one attached hydrogen (secondary N) is 4. The van der Waals surface area contributed by atoms with Crippen LogP contribution in [0, 0.1) is 23.7 Å². The predicted octanol–water partition coefficient (Wildman–Crippen LogP) is 6.51. The molecule has 5 aromatic rings. The Hall–Kier alpha value is -6.36. The molecule has 4 heterocycles. The fraction of sp³-hybridized carbons (Fsp3) is 0.395. The lowest BCUT2D eigenvalue weighted by molar-refractivity contribution is -0.136. The van der Waals surface area contributed by atoms with Gasteiger partial charge in [0.25, 0.3) is 0 Å². The highest BCUT2D eigenvalue weighted by Crippen LogP contribution is 2.35. The van der Waals surface area contributed by atoms with E-state index in [4.69, 9.17) is 9.72 Å². The maximum Gasteiger partial charge on any atom is 0.407 e. The largest absolute Gasteiger partial charge is 0.465 e. The maximum absolute atomic E-state index is 13.6. The molecule has 4 amide bonds. The van der Waals surface area contributed by atoms with E-state index in [0.29, 0.717) is 18.9 Å². The normalized spacial score (nSPS) is 17.8. The van der Waals surface area contributed by atoms with Gasteiger partial charge < -0.3 is 40.2 Å². The standard InChI is InChI=1S/C43H48N8O6/c1-24(2)35(48-42(54)55)40(52)50-20-6-8-33(50)38-44-23-32(46-38)28-15-12-26(13-16-28)10-11-27-14-18-30-29(22-27)17-19-31-37(30)47-39(45-31)34-9-7-21-51(34)41(53)36(25(3)4)49-43(56)57-5/h12-19,22-25,33-36,48H,6-9,20-21H2,1-5H3,(H,44,46)(H,45,47)(H,49,56)(H,54,55)/t33-,34-,35-,36-/m0/s1. The lowest BCUT2D eigenvalue weighted by Gasteiger charge is -2.29. The smallest absolute Gasteiger partial charge is 0.407 e. The van der Waals surface area contributed by atoms with Gasteiger partial charge in [0.1, 0.15) is 23.7 Å². The number of aromatic nitrogens is 4. The number of fused-ring (bicyclic) bond motifs is 3. The average Bonchev–Trinajstić information content (AvgIpc) is 4.03. The number of aromatic amines is 2. The van der Waals surface area contributed by atoms with Crippen LogP contribution in [0.4, 0.5) is 9.59 Å². The number of hydrogen-bond acceptors (Lipinski definition) is 7. The van der Waals surface area contributed by atoms with E-state index in [0.717, 1.165) is 75.7 Å². The number of hydrogen-bond donors (Lipinski definition) is 5. The number of likely N-dealkylation sites (tertiary alicyclic amines) is 2. The summed E-state index contributed by atoms with van der Waals surface area (Å²) in [5, 5.41) is 16.3. The molecule has 0 unspecified atom stereocenters. The van der Waals surface area contributed by atoms with Crippen molar-refractivity contribution < 1.29 is 29.0 Å². The van der Waals surface area contributed by atoms with Gasteiger partial charge in [0.15, 0.2) is 0 Å². The monoisotopic (exact) mass is 772 g/mol. The summed E-state index contributed by atoms with van der Waals surface area (Å²) in [5.41, 5.74) is 5.17. The van der Waals surface area contributed by atoms with Crippen LogP contribution in [0.1, 0.15) is 88.2 Å². The number of H-pyrrole nitrogens is 2. The Labute approximate surface area is 330 Å². The van der Waals surface area contributed by atoms with E-state index in [2.05, 4.69) is 37.4 Å². The van der Waals surface area contributed by atoms with Crippen LogP contribution in [0.3, 0.4) is 0 Å². The highest BCUT2D eigenvalue weighted by atomic mass is 16.5. The van der Waals surface area contributed by atoms with Gasteiger partial charge in [-0.25, -0.2) is 19.6 Å². The quantitative estimate of drug-likeness (QED) is 0.105. The van der Waals surface area contributed by atoms with E-state index in [1.165, 1.54) is 7.11 Å². The first kappa shape index (κ1) is 38.9. The van der Waals surface area contributed by atoms with Crippen LogP contribution in [0.5, 0.6) is 0 Å². The Morgan fingerprint density at radius 1 is 0.807 bits per heavy atom. The van der Waals surface area contributed by atoms with E-state index < -0.39 is 24.3 Å². The van der Waals surface area contributed by atoms with Crippen LogP contribution >= 0.6 is 0 Å². The number of carboxylic acid groups (broad SMARTS) is 1. The van der Waals surface area contributed by atoms with E-state index in [-0.39, 0.29) is 35.7 Å². The molecule has 7 rings (SSSR count). The zero-order valence-corrected chi connectivity index (χ0v) is 32.8. The van der Waals surface area contributed by atoms with Gasteiger partial charge in [-0.05, 0) is 78.8 Å². The third kappa shape index (κ3) is 8.14. The van der Waals surface area contributed by atoms with E-state index in [9.17, 15) is 24.3 Å². The molecule has 2 aromatic heterocycles. The molecule has 0 saturated carbocycles. The lowest BCUT2D eigenvalue weighted by Crippen LogP contribution is -2.51. The van der Waals surface area contributed by atoms with Crippen LogP contribution in [0.25, 0.3) is 33.1 Å². The Balaban J connectivity index is 1.04. The Bertz CT molecular complexity index is 2370. The minimum atomic E-state index is -1.22. The fourth-order valence-corrected chi connectivity index (χ4v) is 7.92. The molecule has 5 N–H and O–H groups in total. The first-order valence-electron chi connectivity index (χ1n) is 19.5. The van der Waals surface area contributed by atoms with Gasteiger partial charge in [-0.1, -0.05) is 63.8 Å². The number of amides is 4. The van der Waals surface area contributed by atoms with Crippen LogP contribution in [-0.2, 0) is 14.3 Å². The van der Waals surface area contributed by atoms with E-state index in [1.807, 2.05) is 87.2 Å². The number of carbonyl (C=O) groups excluding carboxylic acids is 3. The van der Waals surface area contributed by atoms with Crippen molar-refractivity contribution in [2.24, 2.45) is 11.8 Å². The number of methoxy groups -OCH3 is 1. The van der Waals surface area contributed by atoms with Crippen molar-refractivity contribution in [3.63, 3.8) is 0 Å².